The van der Waals surface area contributed by atoms with Crippen molar-refractivity contribution in [3.05, 3.63) is 65.4 Å². The molecule has 2 aromatic carbocycles. The van der Waals surface area contributed by atoms with Crippen molar-refractivity contribution in [1.29, 1.82) is 0 Å². The molecule has 2 aromatic rings. The third-order valence-electron chi connectivity index (χ3n) is 5.01. The monoisotopic (exact) mass is 422 g/mol. The van der Waals surface area contributed by atoms with Crippen molar-refractivity contribution in [3.63, 3.8) is 0 Å². The second-order valence-corrected chi connectivity index (χ2v) is 8.39. The molecule has 1 aliphatic rings. The maximum absolute atomic E-state index is 13.3. The number of hydrogen-bond donors (Lipinski definition) is 2. The molecule has 0 fully saturated rings. The van der Waals surface area contributed by atoms with Crippen LogP contribution in [-0.2, 0) is 14.4 Å². The zero-order valence-corrected chi connectivity index (χ0v) is 18.2. The Morgan fingerprint density at radius 3 is 2.39 bits per heavy atom. The van der Waals surface area contributed by atoms with Crippen LogP contribution in [0.15, 0.2) is 59.9 Å². The van der Waals surface area contributed by atoms with Gasteiger partial charge in [-0.2, -0.15) is 0 Å². The molecule has 1 unspecified atom stereocenters. The molecule has 0 saturated heterocycles. The Morgan fingerprint density at radius 2 is 1.77 bits per heavy atom. The second-order valence-electron chi connectivity index (χ2n) is 8.39. The first-order valence-electron chi connectivity index (χ1n) is 9.88. The molecule has 0 aromatic heterocycles. The molecular formula is C24H26N2O5. The van der Waals surface area contributed by atoms with Gasteiger partial charge in [-0.05, 0) is 24.3 Å². The molecule has 0 saturated carbocycles. The number of para-hydroxylation sites is 1. The number of anilines is 2. The highest BCUT2D eigenvalue weighted by Gasteiger charge is 2.47. The van der Waals surface area contributed by atoms with Gasteiger partial charge in [0.15, 0.2) is 11.5 Å². The Balaban J connectivity index is 2.23. The molecule has 162 valence electrons. The van der Waals surface area contributed by atoms with E-state index < -0.39 is 23.1 Å². The average Bonchev–Trinajstić information content (AvgIpc) is 2.97. The van der Waals surface area contributed by atoms with Gasteiger partial charge in [-0.25, -0.2) is 0 Å². The van der Waals surface area contributed by atoms with Gasteiger partial charge in [-0.3, -0.25) is 19.3 Å². The van der Waals surface area contributed by atoms with Gasteiger partial charge in [0.2, 0.25) is 5.91 Å². The lowest BCUT2D eigenvalue weighted by Crippen LogP contribution is -2.33. The van der Waals surface area contributed by atoms with Gasteiger partial charge in [0.05, 0.1) is 18.7 Å². The normalized spacial score (nSPS) is 16.5. The Bertz CT molecular complexity index is 1080. The molecule has 0 bridgehead atoms. The minimum absolute atomic E-state index is 0.0203. The number of nitrogens with one attached hydrogen (secondary N) is 1. The number of methoxy groups -OCH3 is 1. The Kier molecular flexibility index (Phi) is 5.88. The number of hydrogen-bond acceptors (Lipinski definition) is 5. The first-order chi connectivity index (χ1) is 14.6. The fraction of sp³-hybridized carbons (Fsp3) is 0.292. The fourth-order valence-electron chi connectivity index (χ4n) is 3.63. The van der Waals surface area contributed by atoms with Crippen LogP contribution in [0.25, 0.3) is 0 Å². The van der Waals surface area contributed by atoms with E-state index in [0.29, 0.717) is 22.7 Å². The smallest absolute Gasteiger partial charge is 0.294 e. The molecule has 7 nitrogen and oxygen atoms in total. The number of ether oxygens (including phenoxy) is 1. The number of aliphatic hydroxyl groups excluding tert-OH is 1. The molecule has 31 heavy (non-hydrogen) atoms. The highest BCUT2D eigenvalue weighted by atomic mass is 16.5. The topological polar surface area (TPSA) is 95.9 Å². The number of carbonyl (C=O) groups excluding carboxylic acids is 3. The number of nitrogens with zero attached hydrogens (tertiary/aromatic N) is 1. The summed E-state index contributed by atoms with van der Waals surface area (Å²) in [6, 6.07) is 12.9. The number of ketones is 1. The Morgan fingerprint density at radius 1 is 1.10 bits per heavy atom. The van der Waals surface area contributed by atoms with E-state index in [0.717, 1.165) is 0 Å². The van der Waals surface area contributed by atoms with Gasteiger partial charge in [-0.15, -0.1) is 0 Å². The molecule has 2 amide bonds. The van der Waals surface area contributed by atoms with Gasteiger partial charge in [0.25, 0.3) is 5.91 Å². The molecule has 0 radical (unpaired) electrons. The number of rotatable bonds is 5. The third kappa shape index (κ3) is 4.17. The van der Waals surface area contributed by atoms with E-state index in [1.165, 1.54) is 18.9 Å². The SMILES string of the molecule is COc1ccccc1C1C(C(=O)C(C)(C)C)=C(O)C(=O)N1c1cccc(NC(C)=O)c1. The molecule has 7 heteroatoms. The molecule has 1 heterocycles. The number of benzene rings is 2. The maximum atomic E-state index is 13.3. The fourth-order valence-corrected chi connectivity index (χ4v) is 3.63. The van der Waals surface area contributed by atoms with E-state index in [-0.39, 0.29) is 17.3 Å². The summed E-state index contributed by atoms with van der Waals surface area (Å²) in [5.74, 6) is -1.38. The van der Waals surface area contributed by atoms with Crippen LogP contribution in [0.1, 0.15) is 39.3 Å². The summed E-state index contributed by atoms with van der Waals surface area (Å²) in [6.45, 7) is 6.59. The van der Waals surface area contributed by atoms with Gasteiger partial charge in [0, 0.05) is 29.3 Å². The predicted molar refractivity (Wildman–Crippen MR) is 118 cm³/mol. The first-order valence-corrected chi connectivity index (χ1v) is 9.88. The summed E-state index contributed by atoms with van der Waals surface area (Å²) in [4.78, 5) is 39.3. The summed E-state index contributed by atoms with van der Waals surface area (Å²) < 4.78 is 5.49. The van der Waals surface area contributed by atoms with Crippen LogP contribution in [0.2, 0.25) is 0 Å². The Hall–Kier alpha value is -3.61. The van der Waals surface area contributed by atoms with E-state index in [4.69, 9.17) is 4.74 Å². The lowest BCUT2D eigenvalue weighted by atomic mass is 9.82. The number of amides is 2. The summed E-state index contributed by atoms with van der Waals surface area (Å²) in [5, 5.41) is 13.5. The molecular weight excluding hydrogens is 396 g/mol. The summed E-state index contributed by atoms with van der Waals surface area (Å²) in [5.41, 5.74) is 0.687. The van der Waals surface area contributed by atoms with E-state index in [2.05, 4.69) is 5.32 Å². The minimum Gasteiger partial charge on any atom is -0.503 e. The van der Waals surface area contributed by atoms with Gasteiger partial charge in [0.1, 0.15) is 5.75 Å². The molecule has 0 aliphatic carbocycles. The van der Waals surface area contributed by atoms with Gasteiger partial charge < -0.3 is 15.2 Å². The summed E-state index contributed by atoms with van der Waals surface area (Å²) in [7, 11) is 1.51. The van der Waals surface area contributed by atoms with Crippen molar-refractivity contribution in [2.75, 3.05) is 17.3 Å². The van der Waals surface area contributed by atoms with Crippen molar-refractivity contribution >= 4 is 29.0 Å². The number of Topliss-reactive ketones (excluding diaryl/α,β-unsaturated/α-hetero) is 1. The van der Waals surface area contributed by atoms with E-state index in [9.17, 15) is 19.5 Å². The first kappa shape index (κ1) is 22.1. The molecule has 3 rings (SSSR count). The van der Waals surface area contributed by atoms with Gasteiger partial charge in [-0.1, -0.05) is 45.0 Å². The van der Waals surface area contributed by atoms with Crippen LogP contribution in [0.3, 0.4) is 0 Å². The highest BCUT2D eigenvalue weighted by Crippen LogP contribution is 2.46. The van der Waals surface area contributed by atoms with Crippen LogP contribution in [-0.4, -0.2) is 29.8 Å². The van der Waals surface area contributed by atoms with Crippen LogP contribution in [0, 0.1) is 5.41 Å². The van der Waals surface area contributed by atoms with Gasteiger partial charge >= 0.3 is 0 Å². The largest absolute Gasteiger partial charge is 0.503 e. The molecule has 1 atom stereocenters. The lowest BCUT2D eigenvalue weighted by molar-refractivity contribution is -0.123. The van der Waals surface area contributed by atoms with Crippen molar-refractivity contribution in [2.45, 2.75) is 33.7 Å². The highest BCUT2D eigenvalue weighted by molar-refractivity contribution is 6.17. The quantitative estimate of drug-likeness (QED) is 0.754. The standard InChI is InChI=1S/C24H26N2O5/c1-14(27)25-15-9-8-10-16(13-15)26-20(17-11-6-7-12-18(17)31-5)19(21(28)23(26)30)22(29)24(2,3)4/h6-13,20,28H,1-5H3,(H,25,27). The van der Waals surface area contributed by atoms with Crippen molar-refractivity contribution in [3.8, 4) is 5.75 Å². The molecule has 2 N–H and O–H groups in total. The van der Waals surface area contributed by atoms with Crippen molar-refractivity contribution in [1.82, 2.24) is 0 Å². The third-order valence-corrected chi connectivity index (χ3v) is 5.01. The maximum Gasteiger partial charge on any atom is 0.294 e. The Labute approximate surface area is 181 Å². The summed E-state index contributed by atoms with van der Waals surface area (Å²) >= 11 is 0. The molecule has 0 spiro atoms. The minimum atomic E-state index is -0.886. The van der Waals surface area contributed by atoms with Crippen LogP contribution in [0.5, 0.6) is 5.75 Å². The summed E-state index contributed by atoms with van der Waals surface area (Å²) in [6.07, 6.45) is 0. The zero-order valence-electron chi connectivity index (χ0n) is 18.2. The van der Waals surface area contributed by atoms with E-state index in [1.807, 2.05) is 0 Å². The predicted octanol–water partition coefficient (Wildman–Crippen LogP) is 4.17. The van der Waals surface area contributed by atoms with Crippen LogP contribution in [0.4, 0.5) is 11.4 Å². The molecule has 1 aliphatic heterocycles. The lowest BCUT2D eigenvalue weighted by Gasteiger charge is -2.30. The number of aliphatic hydroxyl groups is 1. The van der Waals surface area contributed by atoms with Crippen LogP contribution < -0.4 is 15.0 Å². The van der Waals surface area contributed by atoms with Crippen molar-refractivity contribution < 1.29 is 24.2 Å². The van der Waals surface area contributed by atoms with E-state index in [1.54, 1.807) is 69.3 Å². The van der Waals surface area contributed by atoms with Crippen LogP contribution >= 0.6 is 0 Å². The number of carbonyl (C=O) groups is 3. The zero-order chi connectivity index (χ0) is 22.9. The van der Waals surface area contributed by atoms with E-state index >= 15 is 0 Å². The average molecular weight is 422 g/mol. The van der Waals surface area contributed by atoms with Crippen molar-refractivity contribution in [2.24, 2.45) is 5.41 Å². The second kappa shape index (κ2) is 8.26.